The lowest BCUT2D eigenvalue weighted by molar-refractivity contribution is -0.187. The normalized spacial score (nSPS) is 38.2. The van der Waals surface area contributed by atoms with Crippen LogP contribution in [0.2, 0.25) is 0 Å². The summed E-state index contributed by atoms with van der Waals surface area (Å²) in [4.78, 5) is 29.5. The summed E-state index contributed by atoms with van der Waals surface area (Å²) in [5.74, 6) is 0.463. The first-order chi connectivity index (χ1) is 15.3. The molecule has 0 radical (unpaired) electrons. The minimum absolute atomic E-state index is 0.0594. The van der Waals surface area contributed by atoms with Crippen molar-refractivity contribution in [3.8, 4) is 11.8 Å². The number of benzene rings is 1. The van der Waals surface area contributed by atoms with Gasteiger partial charge in [0.2, 0.25) is 0 Å². The first-order valence-corrected chi connectivity index (χ1v) is 11.6. The monoisotopic (exact) mass is 436 g/mol. The molecule has 1 aromatic carbocycles. The number of imide groups is 1. The largest absolute Gasteiger partial charge is 0.508 e. The number of phenolic OH excluding ortho intramolecular Hbond substituents is 1. The van der Waals surface area contributed by atoms with Crippen LogP contribution in [0.5, 0.6) is 5.75 Å². The average Bonchev–Trinajstić information content (AvgIpc) is 3.54. The van der Waals surface area contributed by atoms with Gasteiger partial charge in [-0.15, -0.1) is 0 Å². The number of nitrogens with one attached hydrogen (secondary N) is 1. The summed E-state index contributed by atoms with van der Waals surface area (Å²) in [6, 6.07) is 6.81. The van der Waals surface area contributed by atoms with Crippen molar-refractivity contribution in [2.24, 2.45) is 5.92 Å². The number of piperidine rings is 1. The number of aromatic hydroxyl groups is 1. The Bertz CT molecular complexity index is 1060. The molecule has 5 aliphatic rings. The van der Waals surface area contributed by atoms with Crippen LogP contribution in [0.3, 0.4) is 0 Å². The number of hydrogen-bond acceptors (Lipinski definition) is 6. The number of hydrogen-bond donors (Lipinski definition) is 3. The van der Waals surface area contributed by atoms with Gasteiger partial charge in [0.25, 0.3) is 5.91 Å². The molecule has 168 valence electrons. The van der Waals surface area contributed by atoms with Crippen LogP contribution < -0.4 is 5.32 Å². The number of urea groups is 1. The summed E-state index contributed by atoms with van der Waals surface area (Å²) in [5, 5.41) is 34.5. The number of carbonyl (C=O) groups excluding carboxylic acids is 2. The lowest BCUT2D eigenvalue weighted by Gasteiger charge is -2.66. The van der Waals surface area contributed by atoms with Crippen molar-refractivity contribution in [1.82, 2.24) is 15.1 Å². The van der Waals surface area contributed by atoms with E-state index in [1.807, 2.05) is 12.1 Å². The van der Waals surface area contributed by atoms with Crippen molar-refractivity contribution in [3.05, 3.63) is 29.3 Å². The van der Waals surface area contributed by atoms with Crippen molar-refractivity contribution in [2.75, 3.05) is 19.6 Å². The molecule has 32 heavy (non-hydrogen) atoms. The summed E-state index contributed by atoms with van der Waals surface area (Å²) in [5.41, 5.74) is -0.992. The summed E-state index contributed by atoms with van der Waals surface area (Å²) >= 11 is 0. The van der Waals surface area contributed by atoms with E-state index in [1.54, 1.807) is 12.1 Å². The highest BCUT2D eigenvalue weighted by molar-refractivity contribution is 6.07. The number of amides is 3. The van der Waals surface area contributed by atoms with Crippen molar-refractivity contribution in [1.29, 1.82) is 5.26 Å². The van der Waals surface area contributed by atoms with Crippen molar-refractivity contribution < 1.29 is 19.8 Å². The van der Waals surface area contributed by atoms with Crippen molar-refractivity contribution >= 4 is 11.9 Å². The third-order valence-electron chi connectivity index (χ3n) is 9.01. The fraction of sp³-hybridized carbons (Fsp3) is 0.625. The molecule has 8 heteroatoms. The third-order valence-corrected chi connectivity index (χ3v) is 9.01. The zero-order chi connectivity index (χ0) is 22.3. The highest BCUT2D eigenvalue weighted by Gasteiger charge is 2.71. The van der Waals surface area contributed by atoms with Crippen LogP contribution in [0.4, 0.5) is 4.79 Å². The third kappa shape index (κ3) is 2.44. The lowest BCUT2D eigenvalue weighted by Crippen LogP contribution is -2.76. The maximum absolute atomic E-state index is 13.2. The Morgan fingerprint density at radius 2 is 2.03 bits per heavy atom. The van der Waals surface area contributed by atoms with Crippen molar-refractivity contribution in [3.63, 3.8) is 0 Å². The summed E-state index contributed by atoms with van der Waals surface area (Å²) < 4.78 is 0. The van der Waals surface area contributed by atoms with E-state index in [9.17, 15) is 25.1 Å². The van der Waals surface area contributed by atoms with Gasteiger partial charge in [-0.05, 0) is 80.7 Å². The Morgan fingerprint density at radius 3 is 2.78 bits per heavy atom. The Kier molecular flexibility index (Phi) is 4.04. The Balaban J connectivity index is 1.50. The summed E-state index contributed by atoms with van der Waals surface area (Å²) in [7, 11) is 0. The number of nitrogens with zero attached hydrogens (tertiary/aromatic N) is 3. The molecule has 2 saturated heterocycles. The second-order valence-corrected chi connectivity index (χ2v) is 10.5. The van der Waals surface area contributed by atoms with Gasteiger partial charge >= 0.3 is 6.03 Å². The number of carbonyl (C=O) groups is 2. The van der Waals surface area contributed by atoms with Gasteiger partial charge in [-0.1, -0.05) is 6.07 Å². The second kappa shape index (κ2) is 6.46. The molecule has 0 aromatic heterocycles. The molecule has 1 spiro atoms. The predicted molar refractivity (Wildman–Crippen MR) is 114 cm³/mol. The van der Waals surface area contributed by atoms with E-state index >= 15 is 0 Å². The Morgan fingerprint density at radius 1 is 1.22 bits per heavy atom. The maximum atomic E-state index is 13.2. The predicted octanol–water partition coefficient (Wildman–Crippen LogP) is 1.40. The molecule has 4 fully saturated rings. The lowest BCUT2D eigenvalue weighted by atomic mass is 9.46. The van der Waals surface area contributed by atoms with Crippen LogP contribution in [-0.2, 0) is 16.6 Å². The molecule has 2 heterocycles. The molecule has 2 aliphatic heterocycles. The van der Waals surface area contributed by atoms with Crippen LogP contribution in [0, 0.1) is 17.2 Å². The van der Waals surface area contributed by atoms with Gasteiger partial charge in [0.1, 0.15) is 17.8 Å². The quantitative estimate of drug-likeness (QED) is 0.487. The molecule has 6 rings (SSSR count). The van der Waals surface area contributed by atoms with Crippen LogP contribution in [0.15, 0.2) is 18.2 Å². The second-order valence-electron chi connectivity index (χ2n) is 10.5. The van der Waals surface area contributed by atoms with E-state index < -0.39 is 22.6 Å². The van der Waals surface area contributed by atoms with E-state index in [-0.39, 0.29) is 30.7 Å². The highest BCUT2D eigenvalue weighted by Crippen LogP contribution is 2.62. The summed E-state index contributed by atoms with van der Waals surface area (Å²) in [6.07, 6.45) is 4.80. The molecule has 0 unspecified atom stereocenters. The molecule has 4 atom stereocenters. The van der Waals surface area contributed by atoms with E-state index in [1.165, 1.54) is 17.7 Å². The van der Waals surface area contributed by atoms with Crippen LogP contribution in [0.25, 0.3) is 0 Å². The van der Waals surface area contributed by atoms with Gasteiger partial charge in [-0.2, -0.15) is 5.26 Å². The molecule has 8 nitrogen and oxygen atoms in total. The molecule has 2 bridgehead atoms. The zero-order valence-electron chi connectivity index (χ0n) is 18.0. The van der Waals surface area contributed by atoms with Crippen molar-refractivity contribution in [2.45, 2.75) is 67.5 Å². The number of phenols is 1. The maximum Gasteiger partial charge on any atom is 0.325 e. The van der Waals surface area contributed by atoms with E-state index in [0.29, 0.717) is 31.6 Å². The fourth-order valence-corrected chi connectivity index (χ4v) is 7.28. The molecule has 3 N–H and O–H groups in total. The van der Waals surface area contributed by atoms with Gasteiger partial charge in [-0.25, -0.2) is 4.79 Å². The van der Waals surface area contributed by atoms with Gasteiger partial charge in [-0.3, -0.25) is 19.9 Å². The van der Waals surface area contributed by atoms with Gasteiger partial charge in [0.05, 0.1) is 11.7 Å². The topological polar surface area (TPSA) is 117 Å². The number of likely N-dealkylation sites (tertiary alicyclic amines) is 1. The minimum atomic E-state index is -1.15. The Hall–Kier alpha value is -2.63. The molecule has 2 saturated carbocycles. The minimum Gasteiger partial charge on any atom is -0.508 e. The van der Waals surface area contributed by atoms with E-state index in [4.69, 9.17) is 0 Å². The first-order valence-electron chi connectivity index (χ1n) is 11.6. The average molecular weight is 437 g/mol. The number of rotatable bonds is 3. The van der Waals surface area contributed by atoms with Crippen LogP contribution >= 0.6 is 0 Å². The molecular weight excluding hydrogens is 408 g/mol. The SMILES string of the molecule is N#CCN1C(=O)NC(=O)[C@@]12CC[C@@]1(O)[C@H]3Cc4ccc(O)cc4[C@@]1(CCN3CC1CC1)C2. The van der Waals surface area contributed by atoms with Crippen LogP contribution in [0.1, 0.15) is 49.7 Å². The Labute approximate surface area is 186 Å². The number of aliphatic hydroxyl groups is 1. The first kappa shape index (κ1) is 20.0. The number of fused-ring (bicyclic) bond motifs is 1. The van der Waals surface area contributed by atoms with Gasteiger partial charge in [0, 0.05) is 18.0 Å². The van der Waals surface area contributed by atoms with E-state index in [0.717, 1.165) is 24.2 Å². The molecule has 3 aliphatic carbocycles. The zero-order valence-corrected chi connectivity index (χ0v) is 18.0. The van der Waals surface area contributed by atoms with E-state index in [2.05, 4.69) is 10.2 Å². The number of nitriles is 1. The fourth-order valence-electron chi connectivity index (χ4n) is 7.28. The molecular formula is C24H28N4O4. The standard InChI is InChI=1S/C24H28N4O4/c25-8-10-28-21(31)26-20(30)23(28)5-6-24(32)19-11-16-3-4-17(29)12-18(16)22(24,14-23)7-9-27(19)13-15-1-2-15/h3-4,12,15,19,29,32H,1-2,5-7,9-11,13-14H2,(H,26,30,31)/t19-,22-,23+,24-/m1/s1. The van der Waals surface area contributed by atoms with Gasteiger partial charge in [0.15, 0.2) is 0 Å². The highest BCUT2D eigenvalue weighted by atomic mass is 16.3. The van der Waals surface area contributed by atoms with Gasteiger partial charge < -0.3 is 10.2 Å². The smallest absolute Gasteiger partial charge is 0.325 e. The molecule has 1 aromatic rings. The molecule has 3 amide bonds. The summed E-state index contributed by atoms with van der Waals surface area (Å²) in [6.45, 7) is 1.62. The van der Waals surface area contributed by atoms with Crippen LogP contribution in [-0.4, -0.2) is 68.8 Å².